The molecular formula is C28H34N4O2. The third-order valence-corrected chi connectivity index (χ3v) is 5.68. The molecule has 2 heterocycles. The molecule has 6 heteroatoms. The van der Waals surface area contributed by atoms with E-state index in [9.17, 15) is 4.79 Å². The number of hydrogen-bond donors (Lipinski definition) is 1. The maximum atomic E-state index is 12.1. The first-order valence-corrected chi connectivity index (χ1v) is 11.5. The molecular weight excluding hydrogens is 424 g/mol. The third-order valence-electron chi connectivity index (χ3n) is 5.68. The number of aromatic nitrogens is 2. The van der Waals surface area contributed by atoms with Gasteiger partial charge >= 0.3 is 0 Å². The van der Waals surface area contributed by atoms with Crippen LogP contribution in [0.15, 0.2) is 55.4 Å². The first-order chi connectivity index (χ1) is 16.2. The molecule has 0 aliphatic heterocycles. The van der Waals surface area contributed by atoms with Gasteiger partial charge in [-0.05, 0) is 43.2 Å². The van der Waals surface area contributed by atoms with E-state index < -0.39 is 0 Å². The van der Waals surface area contributed by atoms with E-state index in [0.717, 1.165) is 44.5 Å². The summed E-state index contributed by atoms with van der Waals surface area (Å²) < 4.78 is 6.34. The van der Waals surface area contributed by atoms with E-state index in [1.54, 1.807) is 12.3 Å². The lowest BCUT2D eigenvalue weighted by atomic mass is 10.0. The number of para-hydroxylation sites is 1. The fourth-order valence-corrected chi connectivity index (χ4v) is 3.81. The molecule has 2 aromatic heterocycles. The zero-order chi connectivity index (χ0) is 24.8. The van der Waals surface area contributed by atoms with Gasteiger partial charge in [0.25, 0.3) is 0 Å². The molecule has 0 unspecified atom stereocenters. The highest BCUT2D eigenvalue weighted by atomic mass is 16.5. The third kappa shape index (κ3) is 5.63. The molecule has 178 valence electrons. The van der Waals surface area contributed by atoms with Crippen LogP contribution < -0.4 is 10.1 Å². The average Bonchev–Trinajstić information content (AvgIpc) is 2.79. The Morgan fingerprint density at radius 3 is 2.68 bits per heavy atom. The summed E-state index contributed by atoms with van der Waals surface area (Å²) in [6.45, 7) is 12.4. The highest BCUT2D eigenvalue weighted by Crippen LogP contribution is 2.32. The molecule has 0 spiro atoms. The standard InChI is InChI=1S/C28H34N4O2/c1-8-10-25(32(6)7)23-13-20(5)31-27-22(23)11-9-12-26(27)34-17-24-19(4)14-29-15-21(24)16-30-28(33)18(2)3/h8-15,18H,1,16-17H2,2-7H3,(H,30,33)/b25-10-. The van der Waals surface area contributed by atoms with Crippen LogP contribution in [0.3, 0.4) is 0 Å². The Bertz CT molecular complexity index is 1230. The van der Waals surface area contributed by atoms with Crippen LogP contribution in [-0.2, 0) is 17.9 Å². The Balaban J connectivity index is 1.96. The maximum absolute atomic E-state index is 12.1. The van der Waals surface area contributed by atoms with Crippen molar-refractivity contribution in [3.63, 3.8) is 0 Å². The predicted octanol–water partition coefficient (Wildman–Crippen LogP) is 5.19. The Morgan fingerprint density at radius 2 is 2.00 bits per heavy atom. The van der Waals surface area contributed by atoms with Gasteiger partial charge in [0.05, 0.1) is 0 Å². The quantitative estimate of drug-likeness (QED) is 0.447. The smallest absolute Gasteiger partial charge is 0.222 e. The van der Waals surface area contributed by atoms with Crippen molar-refractivity contribution in [1.82, 2.24) is 20.2 Å². The largest absolute Gasteiger partial charge is 0.487 e. The lowest BCUT2D eigenvalue weighted by Crippen LogP contribution is -2.27. The highest BCUT2D eigenvalue weighted by Gasteiger charge is 2.15. The summed E-state index contributed by atoms with van der Waals surface area (Å²) in [5, 5.41) is 3.99. The molecule has 1 N–H and O–H groups in total. The molecule has 3 rings (SSSR count). The lowest BCUT2D eigenvalue weighted by Gasteiger charge is -2.20. The molecule has 1 aromatic carbocycles. The van der Waals surface area contributed by atoms with Gasteiger partial charge in [-0.2, -0.15) is 0 Å². The van der Waals surface area contributed by atoms with Gasteiger partial charge in [-0.1, -0.05) is 38.6 Å². The topological polar surface area (TPSA) is 67.4 Å². The van der Waals surface area contributed by atoms with Gasteiger partial charge in [0.1, 0.15) is 17.9 Å². The molecule has 3 aromatic rings. The second-order valence-electron chi connectivity index (χ2n) is 8.90. The van der Waals surface area contributed by atoms with Gasteiger partial charge < -0.3 is 15.0 Å². The van der Waals surface area contributed by atoms with E-state index in [1.165, 1.54) is 0 Å². The van der Waals surface area contributed by atoms with Crippen LogP contribution in [0, 0.1) is 19.8 Å². The van der Waals surface area contributed by atoms with Crippen molar-refractivity contribution in [2.24, 2.45) is 5.92 Å². The average molecular weight is 459 g/mol. The summed E-state index contributed by atoms with van der Waals surface area (Å²) in [5.41, 5.74) is 6.84. The highest BCUT2D eigenvalue weighted by molar-refractivity contribution is 5.94. The van der Waals surface area contributed by atoms with Crippen LogP contribution >= 0.6 is 0 Å². The van der Waals surface area contributed by atoms with Crippen molar-refractivity contribution in [2.45, 2.75) is 40.8 Å². The number of carbonyl (C=O) groups excluding carboxylic acids is 1. The van der Waals surface area contributed by atoms with Crippen molar-refractivity contribution < 1.29 is 9.53 Å². The van der Waals surface area contributed by atoms with Gasteiger partial charge in [0.15, 0.2) is 0 Å². The molecule has 34 heavy (non-hydrogen) atoms. The number of fused-ring (bicyclic) bond motifs is 1. The van der Waals surface area contributed by atoms with Crippen molar-refractivity contribution in [1.29, 1.82) is 0 Å². The summed E-state index contributed by atoms with van der Waals surface area (Å²) in [6.07, 6.45) is 7.40. The lowest BCUT2D eigenvalue weighted by molar-refractivity contribution is -0.124. The molecule has 0 aliphatic carbocycles. The van der Waals surface area contributed by atoms with Gasteiger partial charge in [0.2, 0.25) is 5.91 Å². The molecule has 0 radical (unpaired) electrons. The second-order valence-corrected chi connectivity index (χ2v) is 8.90. The summed E-state index contributed by atoms with van der Waals surface area (Å²) in [7, 11) is 4.03. The molecule has 0 saturated heterocycles. The normalized spacial score (nSPS) is 11.6. The van der Waals surface area contributed by atoms with E-state index in [1.807, 2.05) is 66.2 Å². The van der Waals surface area contributed by atoms with Crippen LogP contribution in [0.2, 0.25) is 0 Å². The van der Waals surface area contributed by atoms with Crippen LogP contribution in [-0.4, -0.2) is 34.9 Å². The number of amides is 1. The Hall–Kier alpha value is -3.67. The van der Waals surface area contributed by atoms with Gasteiger partial charge in [-0.3, -0.25) is 9.78 Å². The number of nitrogens with zero attached hydrogens (tertiary/aromatic N) is 3. The maximum Gasteiger partial charge on any atom is 0.222 e. The summed E-state index contributed by atoms with van der Waals surface area (Å²) in [6, 6.07) is 8.09. The van der Waals surface area contributed by atoms with Gasteiger partial charge in [0, 0.05) is 66.9 Å². The number of hydrogen-bond acceptors (Lipinski definition) is 5. The number of aryl methyl sites for hydroxylation is 2. The number of allylic oxidation sites excluding steroid dienone is 2. The minimum Gasteiger partial charge on any atom is -0.487 e. The first kappa shape index (κ1) is 25.0. The van der Waals surface area contributed by atoms with E-state index in [4.69, 9.17) is 9.72 Å². The second kappa shape index (κ2) is 11.0. The Morgan fingerprint density at radius 1 is 1.24 bits per heavy atom. The summed E-state index contributed by atoms with van der Waals surface area (Å²) in [5.74, 6) is 0.658. The molecule has 0 atom stereocenters. The summed E-state index contributed by atoms with van der Waals surface area (Å²) >= 11 is 0. The summed E-state index contributed by atoms with van der Waals surface area (Å²) in [4.78, 5) is 23.3. The first-order valence-electron chi connectivity index (χ1n) is 11.5. The van der Waals surface area contributed by atoms with Crippen molar-refractivity contribution in [3.8, 4) is 5.75 Å². The van der Waals surface area contributed by atoms with Gasteiger partial charge in [-0.25, -0.2) is 4.98 Å². The number of rotatable bonds is 9. The van der Waals surface area contributed by atoms with Crippen LogP contribution in [0.25, 0.3) is 16.6 Å². The zero-order valence-electron chi connectivity index (χ0n) is 21.0. The molecule has 0 fully saturated rings. The molecule has 0 bridgehead atoms. The number of benzene rings is 1. The Kier molecular flexibility index (Phi) is 8.05. The van der Waals surface area contributed by atoms with E-state index in [0.29, 0.717) is 18.9 Å². The van der Waals surface area contributed by atoms with E-state index in [-0.39, 0.29) is 11.8 Å². The van der Waals surface area contributed by atoms with E-state index in [2.05, 4.69) is 33.9 Å². The Labute approximate surface area is 202 Å². The zero-order valence-corrected chi connectivity index (χ0v) is 21.0. The number of pyridine rings is 2. The SMILES string of the molecule is C=C/C=C(/c1cc(C)nc2c(OCc3c(C)cncc3CNC(=O)C(C)C)cccc12)N(C)C. The van der Waals surface area contributed by atoms with Crippen molar-refractivity contribution in [3.05, 3.63) is 83.3 Å². The van der Waals surface area contributed by atoms with Crippen LogP contribution in [0.1, 0.15) is 41.8 Å². The number of nitrogens with one attached hydrogen (secondary N) is 1. The minimum atomic E-state index is -0.0705. The molecule has 0 saturated carbocycles. The number of ether oxygens (including phenoxy) is 1. The van der Waals surface area contributed by atoms with Crippen LogP contribution in [0.4, 0.5) is 0 Å². The monoisotopic (exact) mass is 458 g/mol. The fraction of sp³-hybridized carbons (Fsp3) is 0.321. The number of carbonyl (C=O) groups is 1. The molecule has 6 nitrogen and oxygen atoms in total. The fourth-order valence-electron chi connectivity index (χ4n) is 3.81. The minimum absolute atomic E-state index is 0.0129. The van der Waals surface area contributed by atoms with Gasteiger partial charge in [-0.15, -0.1) is 0 Å². The van der Waals surface area contributed by atoms with E-state index >= 15 is 0 Å². The van der Waals surface area contributed by atoms with Crippen LogP contribution in [0.5, 0.6) is 5.75 Å². The predicted molar refractivity (Wildman–Crippen MR) is 138 cm³/mol. The van der Waals surface area contributed by atoms with Crippen molar-refractivity contribution >= 4 is 22.5 Å². The van der Waals surface area contributed by atoms with Crippen molar-refractivity contribution in [2.75, 3.05) is 14.1 Å². The molecule has 1 amide bonds. The molecule has 0 aliphatic rings.